The Labute approximate surface area is 201 Å². The summed E-state index contributed by atoms with van der Waals surface area (Å²) in [6.45, 7) is 2.50. The van der Waals surface area contributed by atoms with Crippen molar-refractivity contribution in [3.63, 3.8) is 0 Å². The SMILES string of the molecule is CCOc1cc(/C=C(\C#N)C(=O)Nc2cccc([N+](=O)[O-])c2)ccc1OCc1cccc(Cl)c1. The van der Waals surface area contributed by atoms with Crippen molar-refractivity contribution in [3.05, 3.63) is 98.6 Å². The lowest BCUT2D eigenvalue weighted by atomic mass is 10.1. The van der Waals surface area contributed by atoms with E-state index in [1.165, 1.54) is 30.3 Å². The molecule has 3 aromatic rings. The quantitative estimate of drug-likeness (QED) is 0.181. The third-order valence-corrected chi connectivity index (χ3v) is 4.78. The Balaban J connectivity index is 1.78. The molecule has 172 valence electrons. The molecule has 3 aromatic carbocycles. The van der Waals surface area contributed by atoms with Gasteiger partial charge >= 0.3 is 0 Å². The fraction of sp³-hybridized carbons (Fsp3) is 0.120. The standard InChI is InChI=1S/C25H20ClN3O5/c1-2-33-24-13-17(9-10-23(24)34-16-18-5-3-6-20(26)12-18)11-19(15-27)25(30)28-21-7-4-8-22(14-21)29(31)32/h3-14H,2,16H2,1H3,(H,28,30)/b19-11+. The number of halogens is 1. The Hall–Kier alpha value is -4.35. The van der Waals surface area contributed by atoms with E-state index in [2.05, 4.69) is 5.32 Å². The molecule has 0 bridgehead atoms. The molecule has 0 aliphatic rings. The number of carbonyl (C=O) groups excluding carboxylic acids is 1. The third kappa shape index (κ3) is 6.58. The number of ether oxygens (including phenoxy) is 2. The summed E-state index contributed by atoms with van der Waals surface area (Å²) >= 11 is 6.01. The highest BCUT2D eigenvalue weighted by molar-refractivity contribution is 6.30. The summed E-state index contributed by atoms with van der Waals surface area (Å²) in [5, 5.41) is 23.5. The second kappa shape index (κ2) is 11.5. The predicted molar refractivity (Wildman–Crippen MR) is 129 cm³/mol. The summed E-state index contributed by atoms with van der Waals surface area (Å²) in [6.07, 6.45) is 1.40. The van der Waals surface area contributed by atoms with Crippen LogP contribution in [-0.4, -0.2) is 17.4 Å². The zero-order valence-electron chi connectivity index (χ0n) is 18.2. The molecule has 0 aliphatic heterocycles. The Kier molecular flexibility index (Phi) is 8.21. The number of rotatable bonds is 9. The lowest BCUT2D eigenvalue weighted by Crippen LogP contribution is -2.13. The number of nitriles is 1. The van der Waals surface area contributed by atoms with Gasteiger partial charge in [-0.05, 0) is 54.5 Å². The minimum atomic E-state index is -0.692. The number of benzene rings is 3. The van der Waals surface area contributed by atoms with Gasteiger partial charge in [0.25, 0.3) is 11.6 Å². The molecule has 8 nitrogen and oxygen atoms in total. The lowest BCUT2D eigenvalue weighted by Gasteiger charge is -2.13. The summed E-state index contributed by atoms with van der Waals surface area (Å²) in [6, 6.07) is 19.7. The lowest BCUT2D eigenvalue weighted by molar-refractivity contribution is -0.384. The van der Waals surface area contributed by atoms with Gasteiger partial charge in [0.2, 0.25) is 0 Å². The summed E-state index contributed by atoms with van der Waals surface area (Å²) < 4.78 is 11.5. The van der Waals surface area contributed by atoms with Crippen LogP contribution in [0, 0.1) is 21.4 Å². The van der Waals surface area contributed by atoms with E-state index >= 15 is 0 Å². The predicted octanol–water partition coefficient (Wildman–Crippen LogP) is 5.77. The van der Waals surface area contributed by atoms with E-state index in [0.29, 0.717) is 28.7 Å². The highest BCUT2D eigenvalue weighted by atomic mass is 35.5. The fourth-order valence-corrected chi connectivity index (χ4v) is 3.21. The molecule has 0 spiro atoms. The van der Waals surface area contributed by atoms with Gasteiger partial charge in [0, 0.05) is 22.8 Å². The van der Waals surface area contributed by atoms with E-state index in [0.717, 1.165) is 5.56 Å². The normalized spacial score (nSPS) is 10.8. The molecule has 0 saturated carbocycles. The van der Waals surface area contributed by atoms with Crippen LogP contribution in [0.25, 0.3) is 6.08 Å². The number of nitro benzene ring substituents is 1. The van der Waals surface area contributed by atoms with Gasteiger partial charge in [0.05, 0.1) is 11.5 Å². The van der Waals surface area contributed by atoms with Crippen LogP contribution >= 0.6 is 11.6 Å². The van der Waals surface area contributed by atoms with Gasteiger partial charge < -0.3 is 14.8 Å². The zero-order chi connectivity index (χ0) is 24.5. The first kappa shape index (κ1) is 24.3. The first-order valence-electron chi connectivity index (χ1n) is 10.2. The first-order chi connectivity index (χ1) is 16.4. The minimum Gasteiger partial charge on any atom is -0.490 e. The van der Waals surface area contributed by atoms with E-state index < -0.39 is 10.8 Å². The van der Waals surface area contributed by atoms with E-state index in [1.807, 2.05) is 25.1 Å². The number of hydrogen-bond donors (Lipinski definition) is 1. The number of nitro groups is 1. The van der Waals surface area contributed by atoms with Gasteiger partial charge in [0.1, 0.15) is 18.2 Å². The summed E-state index contributed by atoms with van der Waals surface area (Å²) in [5.74, 6) is 0.260. The van der Waals surface area contributed by atoms with E-state index in [1.54, 1.807) is 30.3 Å². The number of carbonyl (C=O) groups is 1. The van der Waals surface area contributed by atoms with Gasteiger partial charge in [-0.1, -0.05) is 35.9 Å². The molecular weight excluding hydrogens is 458 g/mol. The molecule has 34 heavy (non-hydrogen) atoms. The van der Waals surface area contributed by atoms with Crippen LogP contribution in [0.1, 0.15) is 18.1 Å². The average molecular weight is 478 g/mol. The maximum atomic E-state index is 12.6. The zero-order valence-corrected chi connectivity index (χ0v) is 18.9. The van der Waals surface area contributed by atoms with Gasteiger partial charge in [-0.2, -0.15) is 5.26 Å². The van der Waals surface area contributed by atoms with Crippen LogP contribution in [-0.2, 0) is 11.4 Å². The molecule has 0 radical (unpaired) electrons. The number of non-ortho nitro benzene ring substituents is 1. The number of nitrogens with one attached hydrogen (secondary N) is 1. The van der Waals surface area contributed by atoms with Gasteiger partial charge in [-0.25, -0.2) is 0 Å². The highest BCUT2D eigenvalue weighted by Crippen LogP contribution is 2.30. The van der Waals surface area contributed by atoms with Gasteiger partial charge in [0.15, 0.2) is 11.5 Å². The van der Waals surface area contributed by atoms with Crippen molar-refractivity contribution in [1.82, 2.24) is 0 Å². The molecule has 0 unspecified atom stereocenters. The maximum Gasteiger partial charge on any atom is 0.271 e. The highest BCUT2D eigenvalue weighted by Gasteiger charge is 2.13. The summed E-state index contributed by atoms with van der Waals surface area (Å²) in [7, 11) is 0. The van der Waals surface area contributed by atoms with Gasteiger partial charge in [-0.15, -0.1) is 0 Å². The molecule has 0 aromatic heterocycles. The van der Waals surface area contributed by atoms with Crippen molar-refractivity contribution in [2.75, 3.05) is 11.9 Å². The second-order valence-corrected chi connectivity index (χ2v) is 7.43. The molecule has 3 rings (SSSR count). The van der Waals surface area contributed by atoms with E-state index in [-0.39, 0.29) is 23.6 Å². The van der Waals surface area contributed by atoms with E-state index in [9.17, 15) is 20.2 Å². The molecule has 0 aliphatic carbocycles. The summed E-state index contributed by atoms with van der Waals surface area (Å²) in [5.41, 5.74) is 1.30. The van der Waals surface area contributed by atoms with Crippen LogP contribution in [0.15, 0.2) is 72.3 Å². The van der Waals surface area contributed by atoms with Crippen molar-refractivity contribution in [1.29, 1.82) is 5.26 Å². The Bertz CT molecular complexity index is 1280. The second-order valence-electron chi connectivity index (χ2n) is 6.99. The molecule has 0 saturated heterocycles. The fourth-order valence-electron chi connectivity index (χ4n) is 3.00. The van der Waals surface area contributed by atoms with Crippen LogP contribution in [0.3, 0.4) is 0 Å². The number of nitrogens with zero attached hydrogens (tertiary/aromatic N) is 2. The molecule has 0 heterocycles. The van der Waals surface area contributed by atoms with Crippen LogP contribution in [0.5, 0.6) is 11.5 Å². The monoisotopic (exact) mass is 477 g/mol. The van der Waals surface area contributed by atoms with Crippen LogP contribution < -0.4 is 14.8 Å². The average Bonchev–Trinajstić information content (AvgIpc) is 2.82. The van der Waals surface area contributed by atoms with Gasteiger partial charge in [-0.3, -0.25) is 14.9 Å². The minimum absolute atomic E-state index is 0.171. The molecule has 1 amide bonds. The Morgan fingerprint density at radius 3 is 2.62 bits per heavy atom. The molecule has 0 fully saturated rings. The van der Waals surface area contributed by atoms with Crippen molar-refractivity contribution < 1.29 is 19.2 Å². The number of anilines is 1. The molecular formula is C25H20ClN3O5. The molecule has 1 N–H and O–H groups in total. The first-order valence-corrected chi connectivity index (χ1v) is 10.6. The van der Waals surface area contributed by atoms with Crippen molar-refractivity contribution in [2.45, 2.75) is 13.5 Å². The van der Waals surface area contributed by atoms with Crippen LogP contribution in [0.4, 0.5) is 11.4 Å². The number of hydrogen-bond acceptors (Lipinski definition) is 6. The van der Waals surface area contributed by atoms with Crippen molar-refractivity contribution in [2.24, 2.45) is 0 Å². The van der Waals surface area contributed by atoms with Crippen molar-refractivity contribution in [3.8, 4) is 17.6 Å². The summed E-state index contributed by atoms with van der Waals surface area (Å²) in [4.78, 5) is 22.9. The third-order valence-electron chi connectivity index (χ3n) is 4.54. The van der Waals surface area contributed by atoms with E-state index in [4.69, 9.17) is 21.1 Å². The number of amides is 1. The largest absolute Gasteiger partial charge is 0.490 e. The molecule has 9 heteroatoms. The Morgan fingerprint density at radius 2 is 1.91 bits per heavy atom. The smallest absolute Gasteiger partial charge is 0.271 e. The van der Waals surface area contributed by atoms with Crippen molar-refractivity contribution >= 4 is 35.0 Å². The molecule has 0 atom stereocenters. The van der Waals surface area contributed by atoms with Crippen LogP contribution in [0.2, 0.25) is 5.02 Å². The maximum absolute atomic E-state index is 12.6. The Morgan fingerprint density at radius 1 is 1.12 bits per heavy atom. The topological polar surface area (TPSA) is 114 Å².